The molecule has 45 heavy (non-hydrogen) atoms. The Bertz CT molecular complexity index is 1470. The molecular weight excluding hydrogens is 568 g/mol. The van der Waals surface area contributed by atoms with Crippen molar-refractivity contribution in [3.05, 3.63) is 89.5 Å². The number of amides is 3. The second-order valence-corrected chi connectivity index (χ2v) is 12.1. The van der Waals surface area contributed by atoms with Crippen molar-refractivity contribution in [1.29, 1.82) is 0 Å². The van der Waals surface area contributed by atoms with Gasteiger partial charge in [0.15, 0.2) is 0 Å². The molecule has 0 radical (unpaired) electrons. The number of rotatable bonds is 10. The summed E-state index contributed by atoms with van der Waals surface area (Å²) >= 11 is 0. The zero-order chi connectivity index (χ0) is 31.8. The first-order chi connectivity index (χ1) is 21.8. The van der Waals surface area contributed by atoms with Gasteiger partial charge in [0.2, 0.25) is 5.91 Å². The summed E-state index contributed by atoms with van der Waals surface area (Å²) in [6.07, 6.45) is 5.59. The molecule has 0 spiro atoms. The Labute approximate surface area is 265 Å². The van der Waals surface area contributed by atoms with Crippen molar-refractivity contribution < 1.29 is 23.9 Å². The SMILES string of the molecule is COc1cc(CC(=O)N2CCCC2N(C)C2CCC(C(=O)OCc3ccccc3)CC2)ccc1NC(=O)Nc1ccccc1C. The van der Waals surface area contributed by atoms with E-state index in [-0.39, 0.29) is 36.4 Å². The fourth-order valence-electron chi connectivity index (χ4n) is 6.49. The highest BCUT2D eigenvalue weighted by Gasteiger charge is 2.37. The number of hydrogen-bond acceptors (Lipinski definition) is 6. The van der Waals surface area contributed by atoms with Gasteiger partial charge in [0, 0.05) is 18.3 Å². The molecule has 1 atom stereocenters. The number of hydrogen-bond donors (Lipinski definition) is 2. The van der Waals surface area contributed by atoms with Gasteiger partial charge in [-0.2, -0.15) is 0 Å². The minimum atomic E-state index is -0.368. The third-order valence-electron chi connectivity index (χ3n) is 9.10. The number of anilines is 2. The van der Waals surface area contributed by atoms with Crippen molar-refractivity contribution in [3.63, 3.8) is 0 Å². The maximum absolute atomic E-state index is 13.6. The predicted octanol–water partition coefficient (Wildman–Crippen LogP) is 6.37. The molecule has 9 nitrogen and oxygen atoms in total. The lowest BCUT2D eigenvalue weighted by atomic mass is 9.85. The normalized spacial score (nSPS) is 19.6. The number of ether oxygens (including phenoxy) is 2. The molecule has 3 aromatic rings. The van der Waals surface area contributed by atoms with E-state index in [2.05, 4.69) is 22.6 Å². The number of carbonyl (C=O) groups is 3. The van der Waals surface area contributed by atoms with Crippen LogP contribution in [0.15, 0.2) is 72.8 Å². The van der Waals surface area contributed by atoms with Crippen LogP contribution in [0.5, 0.6) is 5.75 Å². The predicted molar refractivity (Wildman–Crippen MR) is 175 cm³/mol. The standard InChI is InChI=1S/C36H44N4O5/c1-25-10-7-8-13-30(25)37-36(43)38-31-20-15-27(22-32(31)44-3)23-34(41)40-21-9-14-33(40)39(2)29-18-16-28(17-19-29)35(42)45-24-26-11-5-4-6-12-26/h4-8,10-13,15,20,22,28-29,33H,9,14,16-19,21,23-24H2,1-3H3,(H2,37,38,43). The summed E-state index contributed by atoms with van der Waals surface area (Å²) in [5.74, 6) is 0.388. The zero-order valence-corrected chi connectivity index (χ0v) is 26.5. The van der Waals surface area contributed by atoms with Crippen LogP contribution in [0.2, 0.25) is 0 Å². The van der Waals surface area contributed by atoms with Gasteiger partial charge in [-0.15, -0.1) is 0 Å². The summed E-state index contributed by atoms with van der Waals surface area (Å²) in [5, 5.41) is 5.71. The third kappa shape index (κ3) is 8.22. The Morgan fingerprint density at radius 2 is 1.58 bits per heavy atom. The molecule has 3 aromatic carbocycles. The molecule has 1 heterocycles. The van der Waals surface area contributed by atoms with E-state index in [9.17, 15) is 14.4 Å². The first kappa shape index (κ1) is 32.0. The zero-order valence-electron chi connectivity index (χ0n) is 26.5. The number of urea groups is 1. The van der Waals surface area contributed by atoms with Crippen LogP contribution in [-0.4, -0.2) is 60.6 Å². The number of nitrogens with zero attached hydrogens (tertiary/aromatic N) is 2. The van der Waals surface area contributed by atoms with Crippen LogP contribution in [0.3, 0.4) is 0 Å². The Kier molecular flexibility index (Phi) is 10.7. The molecular formula is C36H44N4O5. The Hall–Kier alpha value is -4.37. The summed E-state index contributed by atoms with van der Waals surface area (Å²) in [5.41, 5.74) is 4.04. The summed E-state index contributed by atoms with van der Waals surface area (Å²) in [6, 6.07) is 22.7. The van der Waals surface area contributed by atoms with Gasteiger partial charge in [-0.3, -0.25) is 14.5 Å². The van der Waals surface area contributed by atoms with E-state index in [1.807, 2.05) is 78.6 Å². The van der Waals surface area contributed by atoms with Gasteiger partial charge in [-0.1, -0.05) is 54.6 Å². The van der Waals surface area contributed by atoms with Crippen LogP contribution >= 0.6 is 0 Å². The Morgan fingerprint density at radius 3 is 2.31 bits per heavy atom. The highest BCUT2D eigenvalue weighted by Crippen LogP contribution is 2.33. The molecule has 1 aliphatic carbocycles. The van der Waals surface area contributed by atoms with Crippen LogP contribution in [0, 0.1) is 12.8 Å². The van der Waals surface area contributed by atoms with Crippen molar-refractivity contribution in [1.82, 2.24) is 9.80 Å². The molecule has 1 saturated carbocycles. The monoisotopic (exact) mass is 612 g/mol. The quantitative estimate of drug-likeness (QED) is 0.258. The second kappa shape index (κ2) is 15.1. The number of likely N-dealkylation sites (tertiary alicyclic amines) is 1. The molecule has 1 saturated heterocycles. The van der Waals surface area contributed by atoms with E-state index < -0.39 is 0 Å². The minimum Gasteiger partial charge on any atom is -0.495 e. The fraction of sp³-hybridized carbons (Fsp3) is 0.417. The average Bonchev–Trinajstić information content (AvgIpc) is 3.56. The molecule has 2 fully saturated rings. The van der Waals surface area contributed by atoms with E-state index in [1.165, 1.54) is 0 Å². The van der Waals surface area contributed by atoms with Crippen molar-refractivity contribution in [2.45, 2.75) is 70.7 Å². The molecule has 1 aliphatic heterocycles. The van der Waals surface area contributed by atoms with E-state index in [0.717, 1.165) is 67.4 Å². The number of aryl methyl sites for hydroxylation is 1. The number of nitrogens with one attached hydrogen (secondary N) is 2. The topological polar surface area (TPSA) is 100 Å². The fourth-order valence-corrected chi connectivity index (χ4v) is 6.49. The van der Waals surface area contributed by atoms with Crippen LogP contribution in [-0.2, 0) is 27.4 Å². The minimum absolute atomic E-state index is 0.0389. The lowest BCUT2D eigenvalue weighted by Gasteiger charge is -2.40. The maximum Gasteiger partial charge on any atom is 0.323 e. The number of para-hydroxylation sites is 1. The summed E-state index contributed by atoms with van der Waals surface area (Å²) in [6.45, 7) is 2.97. The number of esters is 1. The van der Waals surface area contributed by atoms with Gasteiger partial charge in [-0.25, -0.2) is 4.79 Å². The van der Waals surface area contributed by atoms with E-state index in [0.29, 0.717) is 24.1 Å². The first-order valence-electron chi connectivity index (χ1n) is 15.8. The van der Waals surface area contributed by atoms with E-state index in [1.54, 1.807) is 13.2 Å². The van der Waals surface area contributed by atoms with Crippen LogP contribution < -0.4 is 15.4 Å². The maximum atomic E-state index is 13.6. The average molecular weight is 613 g/mol. The van der Waals surface area contributed by atoms with Gasteiger partial charge in [0.05, 0.1) is 31.3 Å². The van der Waals surface area contributed by atoms with Gasteiger partial charge in [0.25, 0.3) is 0 Å². The van der Waals surface area contributed by atoms with Crippen molar-refractivity contribution in [2.24, 2.45) is 5.92 Å². The van der Waals surface area contributed by atoms with E-state index in [4.69, 9.17) is 9.47 Å². The van der Waals surface area contributed by atoms with E-state index >= 15 is 0 Å². The van der Waals surface area contributed by atoms with Crippen molar-refractivity contribution >= 4 is 29.3 Å². The summed E-state index contributed by atoms with van der Waals surface area (Å²) in [4.78, 5) is 43.2. The molecule has 238 valence electrons. The highest BCUT2D eigenvalue weighted by molar-refractivity contribution is 6.01. The molecule has 1 unspecified atom stereocenters. The molecule has 2 aliphatic rings. The van der Waals surface area contributed by atoms with Crippen molar-refractivity contribution in [3.8, 4) is 5.75 Å². The molecule has 0 aromatic heterocycles. The third-order valence-corrected chi connectivity index (χ3v) is 9.10. The summed E-state index contributed by atoms with van der Waals surface area (Å²) < 4.78 is 11.2. The van der Waals surface area contributed by atoms with Crippen LogP contribution in [0.25, 0.3) is 0 Å². The van der Waals surface area contributed by atoms with Crippen LogP contribution in [0.4, 0.5) is 16.2 Å². The lowest BCUT2D eigenvalue weighted by molar-refractivity contribution is -0.151. The number of methoxy groups -OCH3 is 1. The van der Waals surface area contributed by atoms with Crippen LogP contribution in [0.1, 0.15) is 55.2 Å². The summed E-state index contributed by atoms with van der Waals surface area (Å²) in [7, 11) is 3.66. The first-order valence-corrected chi connectivity index (χ1v) is 15.8. The number of carbonyl (C=O) groups excluding carboxylic acids is 3. The number of benzene rings is 3. The Morgan fingerprint density at radius 1 is 0.867 bits per heavy atom. The smallest absolute Gasteiger partial charge is 0.323 e. The molecule has 2 N–H and O–H groups in total. The van der Waals surface area contributed by atoms with Gasteiger partial charge >= 0.3 is 12.0 Å². The highest BCUT2D eigenvalue weighted by atomic mass is 16.5. The van der Waals surface area contributed by atoms with Gasteiger partial charge in [-0.05, 0) is 87.4 Å². The molecule has 3 amide bonds. The second-order valence-electron chi connectivity index (χ2n) is 12.1. The van der Waals surface area contributed by atoms with Crippen molar-refractivity contribution in [2.75, 3.05) is 31.3 Å². The van der Waals surface area contributed by atoms with Gasteiger partial charge < -0.3 is 25.0 Å². The Balaban J connectivity index is 1.12. The molecule has 9 heteroatoms. The lowest BCUT2D eigenvalue weighted by Crippen LogP contribution is -2.51. The molecule has 5 rings (SSSR count). The van der Waals surface area contributed by atoms with Gasteiger partial charge in [0.1, 0.15) is 12.4 Å². The molecule has 0 bridgehead atoms. The largest absolute Gasteiger partial charge is 0.495 e.